The van der Waals surface area contributed by atoms with Gasteiger partial charge in [-0.15, -0.1) is 0 Å². The number of anilines is 1. The SMILES string of the molecule is C.CC(C)c1c(N)cnn1-c1ccc(F)cc1.Cc1c(Cl)c(C(F)(F)F)nn1C(C)(C)C(=O)Cc1cnn(-c2ccc(F)cc2)c1C(C)C.Cc1c(Cl)c(C(F)(F)F)nn1C(C)(C)C(=O)O. The van der Waals surface area contributed by atoms with E-state index in [-0.39, 0.29) is 54.5 Å². The number of nitrogens with zero attached hydrogens (tertiary/aromatic N) is 8. The Morgan fingerprint density at radius 2 is 1.03 bits per heavy atom. The molecule has 0 aliphatic carbocycles. The van der Waals surface area contributed by atoms with Gasteiger partial charge < -0.3 is 10.8 Å². The van der Waals surface area contributed by atoms with Crippen LogP contribution in [0.25, 0.3) is 11.4 Å². The standard InChI is InChI=1S/C22H23ClF4N4O.C12H14FN3.C9H10ClF3N2O2.CH4/c1-12(2)19-14(11-28-30(19)16-8-6-15(24)7-9-16)10-17(32)21(4,5)31-13(3)18(23)20(29-31)22(25,26)27;1-8(2)12-11(14)7-15-16(12)10-5-3-9(13)4-6-10;1-4-5(10)6(9(11,12)13)14-15(4)8(2,3)7(16)17;/h6-9,11-12H,10H2,1-5H3;3-8H,14H2,1-2H3;1-3H3,(H,16,17);1H4. The van der Waals surface area contributed by atoms with Gasteiger partial charge in [0.2, 0.25) is 0 Å². The van der Waals surface area contributed by atoms with Crippen LogP contribution in [0.15, 0.2) is 60.9 Å². The molecule has 0 fully saturated rings. The third kappa shape index (κ3) is 11.6. The largest absolute Gasteiger partial charge is 0.479 e. The Balaban J connectivity index is 0.000000287. The van der Waals surface area contributed by atoms with Gasteiger partial charge in [-0.05, 0) is 102 Å². The average molecular weight is 977 g/mol. The molecule has 0 amide bonds. The summed E-state index contributed by atoms with van der Waals surface area (Å²) < 4.78 is 109. The highest BCUT2D eigenvalue weighted by atomic mass is 35.5. The van der Waals surface area contributed by atoms with Crippen molar-refractivity contribution < 1.29 is 49.8 Å². The number of nitrogens with two attached hydrogens (primary N) is 1. The predicted molar refractivity (Wildman–Crippen MR) is 235 cm³/mol. The van der Waals surface area contributed by atoms with Crippen molar-refractivity contribution in [1.82, 2.24) is 39.1 Å². The second-order valence-electron chi connectivity index (χ2n) is 16.5. The van der Waals surface area contributed by atoms with Crippen molar-refractivity contribution in [2.45, 2.75) is 118 Å². The predicted octanol–water partition coefficient (Wildman–Crippen LogP) is 11.9. The molecule has 0 saturated carbocycles. The summed E-state index contributed by atoms with van der Waals surface area (Å²) in [4.78, 5) is 24.2. The van der Waals surface area contributed by atoms with Gasteiger partial charge in [0.15, 0.2) is 22.7 Å². The van der Waals surface area contributed by atoms with E-state index in [1.165, 1.54) is 65.8 Å². The van der Waals surface area contributed by atoms with E-state index >= 15 is 0 Å². The lowest BCUT2D eigenvalue weighted by Gasteiger charge is -2.26. The third-order valence-electron chi connectivity index (χ3n) is 10.2. The van der Waals surface area contributed by atoms with Gasteiger partial charge in [0.05, 0.1) is 62.3 Å². The third-order valence-corrected chi connectivity index (χ3v) is 11.1. The number of carbonyl (C=O) groups excluding carboxylic acids is 1. The second kappa shape index (κ2) is 20.4. The minimum atomic E-state index is -4.73. The molecule has 22 heteroatoms. The van der Waals surface area contributed by atoms with Gasteiger partial charge in [-0.3, -0.25) is 14.2 Å². The lowest BCUT2D eigenvalue weighted by atomic mass is 9.92. The number of rotatable bonds is 10. The number of carboxylic acids is 1. The molecule has 0 aliphatic rings. The topological polar surface area (TPSA) is 152 Å². The molecule has 2 aromatic carbocycles. The number of hydrogen-bond donors (Lipinski definition) is 2. The average Bonchev–Trinajstić information content (AvgIpc) is 3.96. The molecule has 0 bridgehead atoms. The number of ketones is 1. The number of halogens is 10. The number of carbonyl (C=O) groups is 2. The molecular formula is C44H51Cl2F8N9O3. The molecule has 3 N–H and O–H groups in total. The molecule has 360 valence electrons. The molecule has 4 heterocycles. The first-order chi connectivity index (χ1) is 29.8. The maximum atomic E-state index is 13.3. The molecule has 6 rings (SSSR count). The highest BCUT2D eigenvalue weighted by molar-refractivity contribution is 6.32. The first-order valence-electron chi connectivity index (χ1n) is 19.7. The van der Waals surface area contributed by atoms with Crippen LogP contribution < -0.4 is 5.73 Å². The number of benzene rings is 2. The Labute approximate surface area is 386 Å². The van der Waals surface area contributed by atoms with Crippen LogP contribution in [0.5, 0.6) is 0 Å². The number of Topliss-reactive ketones (excluding diaryl/α,β-unsaturated/α-hetero) is 1. The summed E-state index contributed by atoms with van der Waals surface area (Å²) in [6, 6.07) is 12.0. The molecule has 6 aromatic rings. The van der Waals surface area contributed by atoms with Crippen molar-refractivity contribution >= 4 is 40.6 Å². The van der Waals surface area contributed by atoms with Crippen molar-refractivity contribution in [3.8, 4) is 11.4 Å². The van der Waals surface area contributed by atoms with E-state index < -0.39 is 50.8 Å². The molecule has 0 radical (unpaired) electrons. The number of carboxylic acid groups (broad SMARTS) is 1. The van der Waals surface area contributed by atoms with Gasteiger partial charge in [0.25, 0.3) is 0 Å². The van der Waals surface area contributed by atoms with Crippen LogP contribution in [0.2, 0.25) is 10.0 Å². The summed E-state index contributed by atoms with van der Waals surface area (Å²) in [5.74, 6) is -2.04. The molecule has 0 saturated heterocycles. The van der Waals surface area contributed by atoms with Crippen molar-refractivity contribution in [2.24, 2.45) is 0 Å². The van der Waals surface area contributed by atoms with Gasteiger partial charge >= 0.3 is 18.3 Å². The molecule has 0 atom stereocenters. The fraction of sp³-hybridized carbons (Fsp3) is 0.409. The molecule has 0 unspecified atom stereocenters. The monoisotopic (exact) mass is 975 g/mol. The lowest BCUT2D eigenvalue weighted by Crippen LogP contribution is -2.39. The fourth-order valence-electron chi connectivity index (χ4n) is 6.68. The van der Waals surface area contributed by atoms with E-state index in [4.69, 9.17) is 34.0 Å². The van der Waals surface area contributed by atoms with Crippen LogP contribution in [0.1, 0.15) is 114 Å². The smallest absolute Gasteiger partial charge is 0.436 e. The summed E-state index contributed by atoms with van der Waals surface area (Å²) in [5, 5.41) is 23.3. The maximum Gasteiger partial charge on any atom is 0.436 e. The summed E-state index contributed by atoms with van der Waals surface area (Å²) in [6.07, 6.45) is -6.33. The summed E-state index contributed by atoms with van der Waals surface area (Å²) in [6.45, 7) is 16.1. The number of aliphatic carboxylic acids is 1. The fourth-order valence-corrected chi connectivity index (χ4v) is 7.13. The van der Waals surface area contributed by atoms with Crippen molar-refractivity contribution in [3.63, 3.8) is 0 Å². The maximum absolute atomic E-state index is 13.3. The zero-order valence-electron chi connectivity index (χ0n) is 36.8. The van der Waals surface area contributed by atoms with E-state index in [2.05, 4.69) is 20.4 Å². The molecule has 4 aromatic heterocycles. The molecule has 12 nitrogen and oxygen atoms in total. The van der Waals surface area contributed by atoms with E-state index in [1.807, 2.05) is 27.7 Å². The molecular weight excluding hydrogens is 925 g/mol. The highest BCUT2D eigenvalue weighted by Gasteiger charge is 2.43. The van der Waals surface area contributed by atoms with Gasteiger partial charge in [-0.2, -0.15) is 46.7 Å². The zero-order chi connectivity index (χ0) is 49.3. The van der Waals surface area contributed by atoms with E-state index in [1.54, 1.807) is 46.0 Å². The van der Waals surface area contributed by atoms with Gasteiger partial charge in [0.1, 0.15) is 17.2 Å². The Kier molecular flexibility index (Phi) is 16.9. The van der Waals surface area contributed by atoms with Crippen molar-refractivity contribution in [1.29, 1.82) is 0 Å². The van der Waals surface area contributed by atoms with E-state index in [0.29, 0.717) is 16.9 Å². The summed E-state index contributed by atoms with van der Waals surface area (Å²) >= 11 is 11.4. The van der Waals surface area contributed by atoms with Crippen LogP contribution in [0, 0.1) is 25.5 Å². The van der Waals surface area contributed by atoms with Crippen LogP contribution in [-0.2, 0) is 39.4 Å². The Bertz CT molecular complexity index is 2640. The van der Waals surface area contributed by atoms with Gasteiger partial charge in [-0.1, -0.05) is 58.3 Å². The molecule has 66 heavy (non-hydrogen) atoms. The zero-order valence-corrected chi connectivity index (χ0v) is 38.3. The Hall–Kier alpha value is -5.76. The van der Waals surface area contributed by atoms with E-state index in [0.717, 1.165) is 26.4 Å². The van der Waals surface area contributed by atoms with Crippen LogP contribution in [0.3, 0.4) is 0 Å². The molecule has 0 aliphatic heterocycles. The lowest BCUT2D eigenvalue weighted by molar-refractivity contribution is -0.148. The quantitative estimate of drug-likeness (QED) is 0.129. The first kappa shape index (κ1) is 54.6. The molecule has 0 spiro atoms. The second-order valence-corrected chi connectivity index (χ2v) is 17.2. The summed E-state index contributed by atoms with van der Waals surface area (Å²) in [7, 11) is 0. The normalized spacial score (nSPS) is 12.1. The highest BCUT2D eigenvalue weighted by Crippen LogP contribution is 2.39. The van der Waals surface area contributed by atoms with Gasteiger partial charge in [0, 0.05) is 12.0 Å². The number of aromatic nitrogens is 8. The number of nitrogen functional groups attached to an aromatic ring is 1. The van der Waals surface area contributed by atoms with Crippen LogP contribution in [0.4, 0.5) is 40.8 Å². The number of hydrogen-bond acceptors (Lipinski definition) is 7. The van der Waals surface area contributed by atoms with Crippen molar-refractivity contribution in [3.05, 3.63) is 122 Å². The van der Waals surface area contributed by atoms with E-state index in [9.17, 15) is 44.7 Å². The van der Waals surface area contributed by atoms with Crippen LogP contribution >= 0.6 is 23.2 Å². The Morgan fingerprint density at radius 1 is 0.667 bits per heavy atom. The first-order valence-corrected chi connectivity index (χ1v) is 20.4. The number of alkyl halides is 6. The summed E-state index contributed by atoms with van der Waals surface area (Å²) in [5.41, 5.74) is 4.86. The minimum absolute atomic E-state index is 0. The van der Waals surface area contributed by atoms with Gasteiger partial charge in [-0.25, -0.2) is 22.9 Å². The minimum Gasteiger partial charge on any atom is -0.479 e. The Morgan fingerprint density at radius 3 is 1.38 bits per heavy atom. The van der Waals surface area contributed by atoms with Crippen molar-refractivity contribution in [2.75, 3.05) is 5.73 Å². The van der Waals surface area contributed by atoms with Crippen LogP contribution in [-0.4, -0.2) is 56.0 Å².